The van der Waals surface area contributed by atoms with Gasteiger partial charge in [-0.2, -0.15) is 13.2 Å². The Balaban J connectivity index is 1.75. The van der Waals surface area contributed by atoms with Crippen LogP contribution in [0.25, 0.3) is 11.1 Å². The van der Waals surface area contributed by atoms with Gasteiger partial charge in [0, 0.05) is 44.1 Å². The quantitative estimate of drug-likeness (QED) is 0.216. The summed E-state index contributed by atoms with van der Waals surface area (Å²) in [5, 5.41) is 16.1. The molecule has 46 heavy (non-hydrogen) atoms. The van der Waals surface area contributed by atoms with Crippen molar-refractivity contribution in [2.45, 2.75) is 19.5 Å². The van der Waals surface area contributed by atoms with Crippen molar-refractivity contribution in [1.82, 2.24) is 15.3 Å². The molecule has 11 nitrogen and oxygen atoms in total. The lowest BCUT2D eigenvalue weighted by atomic mass is 9.95. The molecule has 0 radical (unpaired) electrons. The Labute approximate surface area is 265 Å². The Kier molecular flexibility index (Phi) is 11.0. The van der Waals surface area contributed by atoms with E-state index in [1.165, 1.54) is 30.3 Å². The van der Waals surface area contributed by atoms with E-state index < -0.39 is 34.0 Å². The first-order valence-corrected chi connectivity index (χ1v) is 14.7. The molecule has 0 unspecified atom stereocenters. The molecular weight excluding hydrogens is 605 g/mol. The standard InChI is InChI=1S/C32H37F3N6O5/c1-21-25(22-10-11-28(41(44)45)26(18-22)31(43)37-39(4)13-7-12-38(2)3)19-23(20-29(21)40-14-16-46-17-15-40)36-30(42)24-8-5-6-9-27(24)32(33,34)35/h5-6,8-11,18-20H,7,12-17H2,1-4H3,(H,36,42)(H,37,43). The number of alkyl halides is 3. The molecule has 1 aliphatic heterocycles. The van der Waals surface area contributed by atoms with E-state index in [0.717, 1.165) is 30.7 Å². The van der Waals surface area contributed by atoms with E-state index in [-0.39, 0.29) is 16.9 Å². The maximum absolute atomic E-state index is 13.7. The second kappa shape index (κ2) is 14.7. The topological polar surface area (TPSA) is 120 Å². The molecule has 246 valence electrons. The van der Waals surface area contributed by atoms with E-state index in [4.69, 9.17) is 4.74 Å². The minimum Gasteiger partial charge on any atom is -0.378 e. The summed E-state index contributed by atoms with van der Waals surface area (Å²) in [6.45, 7) is 5.10. The number of nitro benzene ring substituents is 1. The zero-order valence-corrected chi connectivity index (χ0v) is 26.1. The lowest BCUT2D eigenvalue weighted by molar-refractivity contribution is -0.385. The normalized spacial score (nSPS) is 13.6. The van der Waals surface area contributed by atoms with E-state index in [2.05, 4.69) is 10.7 Å². The number of ether oxygens (including phenoxy) is 1. The highest BCUT2D eigenvalue weighted by molar-refractivity contribution is 6.06. The maximum atomic E-state index is 13.7. The van der Waals surface area contributed by atoms with E-state index in [1.807, 2.05) is 30.8 Å². The molecule has 2 amide bonds. The zero-order chi connectivity index (χ0) is 33.6. The van der Waals surface area contributed by atoms with Gasteiger partial charge in [-0.15, -0.1) is 0 Å². The number of halogens is 3. The fourth-order valence-corrected chi connectivity index (χ4v) is 5.29. The number of rotatable bonds is 11. The van der Waals surface area contributed by atoms with Gasteiger partial charge in [0.2, 0.25) is 0 Å². The first-order valence-electron chi connectivity index (χ1n) is 14.7. The van der Waals surface area contributed by atoms with Crippen LogP contribution in [0.15, 0.2) is 54.6 Å². The lowest BCUT2D eigenvalue weighted by Crippen LogP contribution is -2.40. The first kappa shape index (κ1) is 34.3. The third kappa shape index (κ3) is 8.38. The molecule has 0 bridgehead atoms. The number of anilines is 2. The van der Waals surface area contributed by atoms with Crippen molar-refractivity contribution >= 4 is 28.9 Å². The highest BCUT2D eigenvalue weighted by atomic mass is 19.4. The third-order valence-corrected chi connectivity index (χ3v) is 7.61. The van der Waals surface area contributed by atoms with Crippen LogP contribution in [0.4, 0.5) is 30.2 Å². The van der Waals surface area contributed by atoms with Crippen LogP contribution in [0.1, 0.15) is 38.3 Å². The summed E-state index contributed by atoms with van der Waals surface area (Å²) in [7, 11) is 5.54. The molecule has 0 spiro atoms. The third-order valence-electron chi connectivity index (χ3n) is 7.61. The largest absolute Gasteiger partial charge is 0.417 e. The van der Waals surface area contributed by atoms with Crippen molar-refractivity contribution in [3.05, 3.63) is 87.0 Å². The molecule has 1 heterocycles. The Morgan fingerprint density at radius 1 is 0.978 bits per heavy atom. The minimum absolute atomic E-state index is 0.164. The number of nitrogens with zero attached hydrogens (tertiary/aromatic N) is 4. The molecule has 1 fully saturated rings. The van der Waals surface area contributed by atoms with Gasteiger partial charge in [0.25, 0.3) is 17.5 Å². The van der Waals surface area contributed by atoms with Gasteiger partial charge >= 0.3 is 6.18 Å². The zero-order valence-electron chi connectivity index (χ0n) is 26.1. The maximum Gasteiger partial charge on any atom is 0.417 e. The van der Waals surface area contributed by atoms with Crippen molar-refractivity contribution in [2.75, 3.05) is 70.8 Å². The first-order chi connectivity index (χ1) is 21.8. The summed E-state index contributed by atoms with van der Waals surface area (Å²) in [6, 6.07) is 11.9. The summed E-state index contributed by atoms with van der Waals surface area (Å²) < 4.78 is 46.5. The van der Waals surface area contributed by atoms with Crippen LogP contribution >= 0.6 is 0 Å². The monoisotopic (exact) mass is 642 g/mol. The van der Waals surface area contributed by atoms with Crippen molar-refractivity contribution in [3.8, 4) is 11.1 Å². The van der Waals surface area contributed by atoms with Crippen LogP contribution in [-0.2, 0) is 10.9 Å². The Bertz CT molecular complexity index is 1590. The molecule has 0 aromatic heterocycles. The molecule has 0 saturated carbocycles. The average Bonchev–Trinajstić information content (AvgIpc) is 3.01. The summed E-state index contributed by atoms with van der Waals surface area (Å²) in [6.07, 6.45) is -3.98. The van der Waals surface area contributed by atoms with Crippen molar-refractivity contribution in [1.29, 1.82) is 0 Å². The Morgan fingerprint density at radius 2 is 1.67 bits per heavy atom. The predicted octanol–water partition coefficient (Wildman–Crippen LogP) is 5.21. The van der Waals surface area contributed by atoms with Crippen LogP contribution in [0.2, 0.25) is 0 Å². The summed E-state index contributed by atoms with van der Waals surface area (Å²) in [4.78, 5) is 41.8. The van der Waals surface area contributed by atoms with Crippen molar-refractivity contribution in [3.63, 3.8) is 0 Å². The number of nitro groups is 1. The molecule has 2 N–H and O–H groups in total. The average molecular weight is 643 g/mol. The number of hydrogen-bond acceptors (Lipinski definition) is 8. The summed E-state index contributed by atoms with van der Waals surface area (Å²) >= 11 is 0. The van der Waals surface area contributed by atoms with Gasteiger partial charge in [0.05, 0.1) is 29.3 Å². The molecule has 1 aliphatic rings. The van der Waals surface area contributed by atoms with Gasteiger partial charge in [0.15, 0.2) is 0 Å². The number of amides is 2. The van der Waals surface area contributed by atoms with Crippen LogP contribution in [-0.4, -0.2) is 87.2 Å². The molecule has 3 aromatic carbocycles. The second-order valence-corrected chi connectivity index (χ2v) is 11.3. The Hall–Kier alpha value is -4.53. The minimum atomic E-state index is -4.73. The number of benzene rings is 3. The van der Waals surface area contributed by atoms with Gasteiger partial charge in [0.1, 0.15) is 5.56 Å². The van der Waals surface area contributed by atoms with Crippen molar-refractivity contribution in [2.24, 2.45) is 0 Å². The molecule has 0 atom stereocenters. The van der Waals surface area contributed by atoms with Crippen molar-refractivity contribution < 1.29 is 32.4 Å². The second-order valence-electron chi connectivity index (χ2n) is 11.3. The van der Waals surface area contributed by atoms with Gasteiger partial charge in [-0.3, -0.25) is 25.1 Å². The number of nitrogens with one attached hydrogen (secondary N) is 2. The highest BCUT2D eigenvalue weighted by Gasteiger charge is 2.35. The van der Waals surface area contributed by atoms with Gasteiger partial charge < -0.3 is 19.9 Å². The van der Waals surface area contributed by atoms with Crippen LogP contribution in [0.3, 0.4) is 0 Å². The van der Waals surface area contributed by atoms with Crippen LogP contribution in [0, 0.1) is 17.0 Å². The number of morpholine rings is 1. The van der Waals surface area contributed by atoms with E-state index in [9.17, 15) is 32.9 Å². The highest BCUT2D eigenvalue weighted by Crippen LogP contribution is 2.38. The van der Waals surface area contributed by atoms with Crippen LogP contribution < -0.4 is 15.6 Å². The van der Waals surface area contributed by atoms with Crippen LogP contribution in [0.5, 0.6) is 0 Å². The molecule has 3 aromatic rings. The fourth-order valence-electron chi connectivity index (χ4n) is 5.29. The number of hydrazine groups is 1. The summed E-state index contributed by atoms with van der Waals surface area (Å²) in [5.41, 5.74) is 3.19. The molecule has 0 aliphatic carbocycles. The number of hydrogen-bond donors (Lipinski definition) is 2. The molecular formula is C32H37F3N6O5. The molecule has 4 rings (SSSR count). The predicted molar refractivity (Wildman–Crippen MR) is 169 cm³/mol. The van der Waals surface area contributed by atoms with E-state index in [1.54, 1.807) is 24.2 Å². The smallest absolute Gasteiger partial charge is 0.378 e. The van der Waals surface area contributed by atoms with Gasteiger partial charge in [-0.25, -0.2) is 5.01 Å². The molecule has 14 heteroatoms. The van der Waals surface area contributed by atoms with E-state index in [0.29, 0.717) is 49.7 Å². The number of carbonyl (C=O) groups excluding carboxylic acids is 2. The number of carbonyl (C=O) groups is 2. The Morgan fingerprint density at radius 3 is 2.33 bits per heavy atom. The fraction of sp³-hybridized carbons (Fsp3) is 0.375. The lowest BCUT2D eigenvalue weighted by Gasteiger charge is -2.31. The van der Waals surface area contributed by atoms with E-state index >= 15 is 0 Å². The van der Waals surface area contributed by atoms with Gasteiger partial charge in [-0.1, -0.05) is 12.1 Å². The SMILES string of the molecule is Cc1c(-c2ccc([N+](=O)[O-])c(C(=O)NN(C)CCCN(C)C)c2)cc(NC(=O)c2ccccc2C(F)(F)F)cc1N1CCOCC1. The van der Waals surface area contributed by atoms with Gasteiger partial charge in [-0.05, 0) is 87.1 Å². The molecule has 1 saturated heterocycles. The summed E-state index contributed by atoms with van der Waals surface area (Å²) in [5.74, 6) is -1.61.